The molecule has 2 heterocycles. The summed E-state index contributed by atoms with van der Waals surface area (Å²) in [6, 6.07) is 6.52. The minimum absolute atomic E-state index is 0.0909. The maximum atomic E-state index is 14.3. The van der Waals surface area contributed by atoms with Gasteiger partial charge in [0, 0.05) is 35.1 Å². The molecule has 0 aliphatic rings. The molecule has 4 heteroatoms. The molecule has 3 aromatic rings. The molecule has 1 aromatic carbocycles. The number of aromatic hydroxyl groups is 1. The van der Waals surface area contributed by atoms with Gasteiger partial charge in [0.05, 0.1) is 5.69 Å². The number of aromatic nitrogens is 2. The van der Waals surface area contributed by atoms with E-state index < -0.39 is 0 Å². The molecular formula is C17H15FN2O. The molecule has 0 bridgehead atoms. The second-order valence-electron chi connectivity index (χ2n) is 5.34. The average Bonchev–Trinajstić information content (AvgIpc) is 2.46. The predicted octanol–water partition coefficient (Wildman–Crippen LogP) is 4.26. The summed E-state index contributed by atoms with van der Waals surface area (Å²) in [6.07, 6.45) is 4.91. The Morgan fingerprint density at radius 1 is 1.10 bits per heavy atom. The molecule has 0 radical (unpaired) electrons. The van der Waals surface area contributed by atoms with E-state index >= 15 is 0 Å². The molecule has 2 aromatic heterocycles. The molecule has 0 saturated carbocycles. The number of pyridine rings is 2. The van der Waals surface area contributed by atoms with Crippen molar-refractivity contribution in [2.75, 3.05) is 0 Å². The molecule has 0 spiro atoms. The minimum atomic E-state index is -0.341. The van der Waals surface area contributed by atoms with Gasteiger partial charge < -0.3 is 5.11 Å². The van der Waals surface area contributed by atoms with Crippen LogP contribution in [0.5, 0.6) is 5.75 Å². The number of nitrogens with zero attached hydrogens (tertiary/aromatic N) is 2. The summed E-state index contributed by atoms with van der Waals surface area (Å²) >= 11 is 0. The monoisotopic (exact) mass is 282 g/mol. The zero-order valence-electron chi connectivity index (χ0n) is 11.8. The van der Waals surface area contributed by atoms with Crippen molar-refractivity contribution in [2.24, 2.45) is 0 Å². The lowest BCUT2D eigenvalue weighted by Crippen LogP contribution is -1.94. The van der Waals surface area contributed by atoms with Gasteiger partial charge in [0.1, 0.15) is 11.6 Å². The zero-order chi connectivity index (χ0) is 15.0. The van der Waals surface area contributed by atoms with E-state index in [4.69, 9.17) is 0 Å². The highest BCUT2D eigenvalue weighted by Gasteiger charge is 2.12. The van der Waals surface area contributed by atoms with Crippen LogP contribution >= 0.6 is 0 Å². The molecule has 3 nitrogen and oxygen atoms in total. The molecule has 0 unspecified atom stereocenters. The molecule has 106 valence electrons. The fourth-order valence-corrected chi connectivity index (χ4v) is 2.39. The van der Waals surface area contributed by atoms with E-state index in [2.05, 4.69) is 9.97 Å². The van der Waals surface area contributed by atoms with Gasteiger partial charge in [0.25, 0.3) is 0 Å². The van der Waals surface area contributed by atoms with E-state index in [1.54, 1.807) is 36.8 Å². The van der Waals surface area contributed by atoms with Crippen LogP contribution in [0.15, 0.2) is 42.9 Å². The summed E-state index contributed by atoms with van der Waals surface area (Å²) in [5, 5.41) is 11.7. The van der Waals surface area contributed by atoms with E-state index in [9.17, 15) is 9.50 Å². The first kappa shape index (κ1) is 13.5. The van der Waals surface area contributed by atoms with Crippen molar-refractivity contribution in [1.82, 2.24) is 9.97 Å². The number of benzene rings is 1. The molecule has 3 rings (SSSR count). The lowest BCUT2D eigenvalue weighted by atomic mass is 10.0. The van der Waals surface area contributed by atoms with Crippen LogP contribution in [0.3, 0.4) is 0 Å². The van der Waals surface area contributed by atoms with Crippen molar-refractivity contribution in [3.8, 4) is 16.9 Å². The van der Waals surface area contributed by atoms with Crippen LogP contribution in [-0.4, -0.2) is 15.1 Å². The summed E-state index contributed by atoms with van der Waals surface area (Å²) in [7, 11) is 0. The lowest BCUT2D eigenvalue weighted by Gasteiger charge is -2.10. The van der Waals surface area contributed by atoms with Crippen molar-refractivity contribution in [1.29, 1.82) is 0 Å². The molecule has 21 heavy (non-hydrogen) atoms. The van der Waals surface area contributed by atoms with Crippen LogP contribution in [0.1, 0.15) is 25.5 Å². The van der Waals surface area contributed by atoms with E-state index in [-0.39, 0.29) is 17.5 Å². The topological polar surface area (TPSA) is 46.0 Å². The van der Waals surface area contributed by atoms with Gasteiger partial charge in [-0.05, 0) is 35.6 Å². The van der Waals surface area contributed by atoms with Crippen LogP contribution in [-0.2, 0) is 0 Å². The second-order valence-corrected chi connectivity index (χ2v) is 5.34. The number of fused-ring (bicyclic) bond motifs is 1. The van der Waals surface area contributed by atoms with Crippen molar-refractivity contribution in [2.45, 2.75) is 19.8 Å². The molecule has 1 N–H and O–H groups in total. The van der Waals surface area contributed by atoms with Gasteiger partial charge in [-0.25, -0.2) is 4.39 Å². The highest BCUT2D eigenvalue weighted by Crippen LogP contribution is 2.31. The van der Waals surface area contributed by atoms with Crippen molar-refractivity contribution < 1.29 is 9.50 Å². The van der Waals surface area contributed by atoms with Gasteiger partial charge in [-0.1, -0.05) is 13.8 Å². The first-order chi connectivity index (χ1) is 10.1. The Balaban J connectivity index is 2.16. The van der Waals surface area contributed by atoms with Gasteiger partial charge in [-0.2, -0.15) is 0 Å². The van der Waals surface area contributed by atoms with Gasteiger partial charge in [-0.15, -0.1) is 0 Å². The number of rotatable bonds is 2. The third-order valence-electron chi connectivity index (χ3n) is 3.48. The standard InChI is InChI=1S/C17H15FN2O/c1-10(2)17-16(21)7-13(9-20-17)14-5-12-8-19-4-3-11(12)6-15(14)18/h3-10,21H,1-2H3. The fraction of sp³-hybridized carbons (Fsp3) is 0.176. The normalized spacial score (nSPS) is 11.2. The molecule has 0 fully saturated rings. The van der Waals surface area contributed by atoms with Gasteiger partial charge in [0.15, 0.2) is 0 Å². The summed E-state index contributed by atoms with van der Waals surface area (Å²) in [5.74, 6) is -0.134. The maximum Gasteiger partial charge on any atom is 0.137 e. The van der Waals surface area contributed by atoms with Crippen LogP contribution in [0.2, 0.25) is 0 Å². The summed E-state index contributed by atoms with van der Waals surface area (Å²) in [4.78, 5) is 8.29. The smallest absolute Gasteiger partial charge is 0.137 e. The van der Waals surface area contributed by atoms with Crippen molar-refractivity contribution >= 4 is 10.8 Å². The Morgan fingerprint density at radius 3 is 2.62 bits per heavy atom. The quantitative estimate of drug-likeness (QED) is 0.763. The number of halogens is 1. The minimum Gasteiger partial charge on any atom is -0.506 e. The number of hydrogen-bond donors (Lipinski definition) is 1. The zero-order valence-corrected chi connectivity index (χ0v) is 11.8. The van der Waals surface area contributed by atoms with E-state index in [0.717, 1.165) is 10.8 Å². The summed E-state index contributed by atoms with van der Waals surface area (Å²) in [6.45, 7) is 3.90. The Bertz CT molecular complexity index is 815. The lowest BCUT2D eigenvalue weighted by molar-refractivity contribution is 0.460. The van der Waals surface area contributed by atoms with Crippen molar-refractivity contribution in [3.63, 3.8) is 0 Å². The van der Waals surface area contributed by atoms with E-state index in [1.807, 2.05) is 13.8 Å². The summed E-state index contributed by atoms with van der Waals surface area (Å²) < 4.78 is 14.3. The highest BCUT2D eigenvalue weighted by atomic mass is 19.1. The van der Waals surface area contributed by atoms with Crippen molar-refractivity contribution in [3.05, 3.63) is 54.4 Å². The van der Waals surface area contributed by atoms with Crippen LogP contribution in [0.4, 0.5) is 4.39 Å². The Morgan fingerprint density at radius 2 is 1.90 bits per heavy atom. The van der Waals surface area contributed by atoms with Crippen LogP contribution in [0.25, 0.3) is 21.9 Å². The molecule has 0 aliphatic heterocycles. The van der Waals surface area contributed by atoms with E-state index in [1.165, 1.54) is 6.07 Å². The SMILES string of the molecule is CC(C)c1ncc(-c2cc3cnccc3cc2F)cc1O. The third-order valence-corrected chi connectivity index (χ3v) is 3.48. The fourth-order valence-electron chi connectivity index (χ4n) is 2.39. The van der Waals surface area contributed by atoms with Gasteiger partial charge in [0.2, 0.25) is 0 Å². The molecule has 0 amide bonds. The van der Waals surface area contributed by atoms with Gasteiger partial charge in [-0.3, -0.25) is 9.97 Å². The number of hydrogen-bond acceptors (Lipinski definition) is 3. The van der Waals surface area contributed by atoms with Crippen LogP contribution in [0, 0.1) is 5.82 Å². The average molecular weight is 282 g/mol. The summed E-state index contributed by atoms with van der Waals surface area (Å²) in [5.41, 5.74) is 1.58. The first-order valence-corrected chi connectivity index (χ1v) is 6.79. The Hall–Kier alpha value is -2.49. The molecule has 0 atom stereocenters. The maximum absolute atomic E-state index is 14.3. The highest BCUT2D eigenvalue weighted by molar-refractivity contribution is 5.87. The Labute approximate surface area is 122 Å². The molecule has 0 aliphatic carbocycles. The first-order valence-electron chi connectivity index (χ1n) is 6.79. The Kier molecular flexibility index (Phi) is 3.29. The third kappa shape index (κ3) is 2.44. The van der Waals surface area contributed by atoms with Crippen LogP contribution < -0.4 is 0 Å². The molecule has 0 saturated heterocycles. The van der Waals surface area contributed by atoms with Gasteiger partial charge >= 0.3 is 0 Å². The predicted molar refractivity (Wildman–Crippen MR) is 80.7 cm³/mol. The van der Waals surface area contributed by atoms with E-state index in [0.29, 0.717) is 16.8 Å². The largest absolute Gasteiger partial charge is 0.506 e. The second kappa shape index (κ2) is 5.13. The molecular weight excluding hydrogens is 267 g/mol.